The lowest BCUT2D eigenvalue weighted by Crippen LogP contribution is -2.75. The van der Waals surface area contributed by atoms with Crippen LogP contribution in [0.15, 0.2) is 6.20 Å². The maximum absolute atomic E-state index is 12.5. The lowest BCUT2D eigenvalue weighted by Gasteiger charge is -2.57. The Bertz CT molecular complexity index is 538. The van der Waals surface area contributed by atoms with E-state index in [9.17, 15) is 4.79 Å². The fourth-order valence-electron chi connectivity index (χ4n) is 2.98. The molecule has 118 valence electrons. The molecule has 1 aliphatic carbocycles. The van der Waals surface area contributed by atoms with Crippen LogP contribution in [0.25, 0.3) is 0 Å². The Labute approximate surface area is 126 Å². The van der Waals surface area contributed by atoms with Gasteiger partial charge in [-0.25, -0.2) is 0 Å². The first-order valence-electron chi connectivity index (χ1n) is 7.40. The molecule has 1 amide bonds. The summed E-state index contributed by atoms with van der Waals surface area (Å²) in [4.78, 5) is 12.5. The van der Waals surface area contributed by atoms with Crippen LogP contribution in [-0.4, -0.2) is 33.9 Å². The Kier molecular flexibility index (Phi) is 4.13. The van der Waals surface area contributed by atoms with Gasteiger partial charge in [-0.2, -0.15) is 5.10 Å². The number of hydrogen-bond acceptors (Lipinski definition) is 4. The minimum absolute atomic E-state index is 0.0402. The quantitative estimate of drug-likeness (QED) is 0.844. The number of hydrogen-bond donors (Lipinski definition) is 2. The van der Waals surface area contributed by atoms with Crippen molar-refractivity contribution in [1.29, 1.82) is 0 Å². The first-order valence-corrected chi connectivity index (χ1v) is 7.40. The number of carbonyl (C=O) groups is 1. The molecule has 1 aromatic heterocycles. The first-order chi connectivity index (χ1) is 9.72. The second kappa shape index (κ2) is 5.42. The molecule has 1 saturated carbocycles. The van der Waals surface area contributed by atoms with Crippen LogP contribution in [0.4, 0.5) is 0 Å². The van der Waals surface area contributed by atoms with E-state index < -0.39 is 5.54 Å². The summed E-state index contributed by atoms with van der Waals surface area (Å²) in [7, 11) is 1.87. The summed E-state index contributed by atoms with van der Waals surface area (Å²) in [6.45, 7) is 8.96. The van der Waals surface area contributed by atoms with Gasteiger partial charge in [-0.1, -0.05) is 13.8 Å². The molecule has 21 heavy (non-hydrogen) atoms. The monoisotopic (exact) mass is 294 g/mol. The molecule has 0 radical (unpaired) electrons. The van der Waals surface area contributed by atoms with Gasteiger partial charge in [0.15, 0.2) is 0 Å². The third-order valence-corrected chi connectivity index (χ3v) is 4.79. The maximum atomic E-state index is 12.5. The van der Waals surface area contributed by atoms with Gasteiger partial charge in [0.25, 0.3) is 0 Å². The molecule has 2 unspecified atom stereocenters. The van der Waals surface area contributed by atoms with Crippen molar-refractivity contribution < 1.29 is 9.53 Å². The summed E-state index contributed by atoms with van der Waals surface area (Å²) < 4.78 is 7.39. The minimum Gasteiger partial charge on any atom is -0.378 e. The van der Waals surface area contributed by atoms with Gasteiger partial charge in [-0.15, -0.1) is 0 Å². The molecule has 0 aliphatic heterocycles. The molecule has 0 saturated heterocycles. The second-order valence-electron chi connectivity index (χ2n) is 6.44. The van der Waals surface area contributed by atoms with Crippen molar-refractivity contribution in [1.82, 2.24) is 15.1 Å². The fraction of sp³-hybridized carbons (Fsp3) is 0.733. The highest BCUT2D eigenvalue weighted by atomic mass is 16.5. The first kappa shape index (κ1) is 16.0. The molecular weight excluding hydrogens is 268 g/mol. The van der Waals surface area contributed by atoms with Crippen molar-refractivity contribution >= 4 is 5.91 Å². The molecule has 1 fully saturated rings. The van der Waals surface area contributed by atoms with Crippen LogP contribution in [0.5, 0.6) is 0 Å². The summed E-state index contributed by atoms with van der Waals surface area (Å²) >= 11 is 0. The third-order valence-electron chi connectivity index (χ3n) is 4.79. The van der Waals surface area contributed by atoms with Crippen LogP contribution in [0.3, 0.4) is 0 Å². The van der Waals surface area contributed by atoms with Gasteiger partial charge in [-0.3, -0.25) is 9.48 Å². The van der Waals surface area contributed by atoms with Crippen LogP contribution in [0, 0.1) is 12.3 Å². The van der Waals surface area contributed by atoms with Gasteiger partial charge in [0, 0.05) is 43.8 Å². The molecule has 2 atom stereocenters. The number of ether oxygens (including phenoxy) is 1. The van der Waals surface area contributed by atoms with E-state index in [1.807, 2.05) is 40.9 Å². The number of aryl methyl sites for hydroxylation is 2. The topological polar surface area (TPSA) is 82.2 Å². The fourth-order valence-corrected chi connectivity index (χ4v) is 2.98. The lowest BCUT2D eigenvalue weighted by atomic mass is 9.54. The van der Waals surface area contributed by atoms with Crippen LogP contribution in [-0.2, 0) is 23.1 Å². The summed E-state index contributed by atoms with van der Waals surface area (Å²) in [6.07, 6.45) is 2.51. The van der Waals surface area contributed by atoms with Gasteiger partial charge < -0.3 is 15.8 Å². The SMILES string of the molecule is CCOC1CC(N)(C(=O)NCc2cn(C)nc2C)C1(C)C. The maximum Gasteiger partial charge on any atom is 0.241 e. The van der Waals surface area contributed by atoms with Crippen molar-refractivity contribution in [3.8, 4) is 0 Å². The second-order valence-corrected chi connectivity index (χ2v) is 6.44. The highest BCUT2D eigenvalue weighted by Crippen LogP contribution is 2.49. The van der Waals surface area contributed by atoms with E-state index in [0.29, 0.717) is 19.6 Å². The van der Waals surface area contributed by atoms with Crippen molar-refractivity contribution in [2.75, 3.05) is 6.61 Å². The van der Waals surface area contributed by atoms with E-state index in [2.05, 4.69) is 10.4 Å². The van der Waals surface area contributed by atoms with Crippen LogP contribution < -0.4 is 11.1 Å². The van der Waals surface area contributed by atoms with Gasteiger partial charge in [0.1, 0.15) is 5.54 Å². The average molecular weight is 294 g/mol. The Balaban J connectivity index is 1.99. The number of nitrogens with one attached hydrogen (secondary N) is 1. The van der Waals surface area contributed by atoms with E-state index in [-0.39, 0.29) is 17.4 Å². The smallest absolute Gasteiger partial charge is 0.241 e. The summed E-state index contributed by atoms with van der Waals surface area (Å²) in [6, 6.07) is 0. The molecular formula is C15H26N4O2. The van der Waals surface area contributed by atoms with Gasteiger partial charge in [-0.05, 0) is 13.8 Å². The molecule has 0 spiro atoms. The predicted octanol–water partition coefficient (Wildman–Crippen LogP) is 0.877. The number of rotatable bonds is 5. The molecule has 6 nitrogen and oxygen atoms in total. The Morgan fingerprint density at radius 1 is 1.62 bits per heavy atom. The minimum atomic E-state index is -0.872. The number of nitrogens with zero attached hydrogens (tertiary/aromatic N) is 2. The Morgan fingerprint density at radius 2 is 2.29 bits per heavy atom. The number of carbonyl (C=O) groups excluding carboxylic acids is 1. The van der Waals surface area contributed by atoms with Crippen LogP contribution >= 0.6 is 0 Å². The van der Waals surface area contributed by atoms with Crippen LogP contribution in [0.2, 0.25) is 0 Å². The van der Waals surface area contributed by atoms with Crippen LogP contribution in [0.1, 0.15) is 38.4 Å². The predicted molar refractivity (Wildman–Crippen MR) is 80.5 cm³/mol. The van der Waals surface area contributed by atoms with E-state index in [1.165, 1.54) is 0 Å². The molecule has 0 aromatic carbocycles. The van der Waals surface area contributed by atoms with Crippen molar-refractivity contribution in [3.05, 3.63) is 17.5 Å². The highest BCUT2D eigenvalue weighted by Gasteiger charge is 2.62. The lowest BCUT2D eigenvalue weighted by molar-refractivity contribution is -0.170. The Morgan fingerprint density at radius 3 is 2.76 bits per heavy atom. The van der Waals surface area contributed by atoms with Crippen molar-refractivity contribution in [3.63, 3.8) is 0 Å². The normalized spacial score (nSPS) is 27.2. The zero-order valence-corrected chi connectivity index (χ0v) is 13.6. The highest BCUT2D eigenvalue weighted by molar-refractivity contribution is 5.88. The van der Waals surface area contributed by atoms with E-state index in [1.54, 1.807) is 4.68 Å². The third kappa shape index (κ3) is 2.58. The van der Waals surface area contributed by atoms with E-state index in [0.717, 1.165) is 11.3 Å². The van der Waals surface area contributed by atoms with Gasteiger partial charge in [0.05, 0.1) is 11.8 Å². The summed E-state index contributed by atoms with van der Waals surface area (Å²) in [5.41, 5.74) is 7.03. The molecule has 0 bridgehead atoms. The zero-order valence-electron chi connectivity index (χ0n) is 13.6. The van der Waals surface area contributed by atoms with Gasteiger partial charge in [0.2, 0.25) is 5.91 Å². The van der Waals surface area contributed by atoms with E-state index >= 15 is 0 Å². The number of nitrogens with two attached hydrogens (primary N) is 1. The number of aromatic nitrogens is 2. The summed E-state index contributed by atoms with van der Waals surface area (Å²) in [5, 5.41) is 7.21. The van der Waals surface area contributed by atoms with Crippen molar-refractivity contribution in [2.45, 2.75) is 52.3 Å². The molecule has 1 heterocycles. The average Bonchev–Trinajstić information content (AvgIpc) is 2.73. The molecule has 1 aliphatic rings. The zero-order chi connectivity index (χ0) is 15.8. The standard InChI is InChI=1S/C15H26N4O2/c1-6-21-12-7-15(16,14(12,3)4)13(20)17-8-11-9-19(5)18-10(11)2/h9,12H,6-8,16H2,1-5H3,(H,17,20). The molecule has 1 aromatic rings. The van der Waals surface area contributed by atoms with Crippen molar-refractivity contribution in [2.24, 2.45) is 18.2 Å². The summed E-state index contributed by atoms with van der Waals surface area (Å²) in [5.74, 6) is -0.119. The molecule has 2 rings (SSSR count). The Hall–Kier alpha value is -1.40. The molecule has 3 N–H and O–H groups in total. The molecule has 6 heteroatoms. The van der Waals surface area contributed by atoms with Gasteiger partial charge >= 0.3 is 0 Å². The van der Waals surface area contributed by atoms with E-state index in [4.69, 9.17) is 10.5 Å². The largest absolute Gasteiger partial charge is 0.378 e. The number of amides is 1.